The Morgan fingerprint density at radius 2 is 1.95 bits per heavy atom. The Kier molecular flexibility index (Phi) is 6.52. The number of nitrogens with zero attached hydrogens (tertiary/aromatic N) is 1. The molecule has 0 bridgehead atoms. The second-order valence-corrected chi connectivity index (χ2v) is 4.48. The van der Waals surface area contributed by atoms with Crippen molar-refractivity contribution in [2.24, 2.45) is 0 Å². The van der Waals surface area contributed by atoms with Gasteiger partial charge < -0.3 is 20.6 Å². The van der Waals surface area contributed by atoms with Crippen LogP contribution in [0.25, 0.3) is 0 Å². The number of hydrogen-bond acceptors (Lipinski definition) is 3. The van der Waals surface area contributed by atoms with Crippen LogP contribution < -0.4 is 10.6 Å². The summed E-state index contributed by atoms with van der Waals surface area (Å²) in [5.74, 6) is -1.09. The molecule has 0 heterocycles. The van der Waals surface area contributed by atoms with E-state index in [9.17, 15) is 14.7 Å². The molecule has 0 aromatic heterocycles. The number of rotatable bonds is 7. The normalized spacial score (nSPS) is 11.9. The van der Waals surface area contributed by atoms with E-state index in [2.05, 4.69) is 10.6 Å². The van der Waals surface area contributed by atoms with Crippen molar-refractivity contribution in [1.82, 2.24) is 15.5 Å². The number of urea groups is 1. The summed E-state index contributed by atoms with van der Waals surface area (Å²) in [5.41, 5.74) is 0.542. The maximum atomic E-state index is 11.7. The highest BCUT2D eigenvalue weighted by atomic mass is 16.4. The first-order valence-electron chi connectivity index (χ1n) is 6.55. The van der Waals surface area contributed by atoms with Gasteiger partial charge >= 0.3 is 12.0 Å². The first-order valence-corrected chi connectivity index (χ1v) is 6.55. The second-order valence-electron chi connectivity index (χ2n) is 4.48. The van der Waals surface area contributed by atoms with Crippen LogP contribution in [0.1, 0.15) is 18.5 Å². The summed E-state index contributed by atoms with van der Waals surface area (Å²) in [4.78, 5) is 25.0. The quantitative estimate of drug-likeness (QED) is 0.697. The van der Waals surface area contributed by atoms with Crippen LogP contribution in [0.5, 0.6) is 0 Å². The van der Waals surface area contributed by atoms with Gasteiger partial charge in [0, 0.05) is 13.1 Å². The number of carboxylic acids is 1. The molecule has 1 aromatic carbocycles. The molecule has 0 radical (unpaired) electrons. The van der Waals surface area contributed by atoms with Gasteiger partial charge in [-0.2, -0.15) is 0 Å². The maximum Gasteiger partial charge on any atom is 0.330 e. The number of carbonyl (C=O) groups is 2. The van der Waals surface area contributed by atoms with Gasteiger partial charge in [0.2, 0.25) is 0 Å². The Balaban J connectivity index is 2.51. The minimum absolute atomic E-state index is 0.470. The van der Waals surface area contributed by atoms with E-state index in [1.165, 1.54) is 0 Å². The van der Waals surface area contributed by atoms with E-state index < -0.39 is 18.0 Å². The van der Waals surface area contributed by atoms with Crippen molar-refractivity contribution in [2.45, 2.75) is 13.0 Å². The SMILES string of the molecule is CCN(C)CCNC(=O)N[C@H](C(=O)O)c1ccccc1. The monoisotopic (exact) mass is 279 g/mol. The van der Waals surface area contributed by atoms with Gasteiger partial charge in [-0.25, -0.2) is 9.59 Å². The van der Waals surface area contributed by atoms with E-state index in [-0.39, 0.29) is 0 Å². The second kappa shape index (κ2) is 8.16. The molecule has 6 nitrogen and oxygen atoms in total. The summed E-state index contributed by atoms with van der Waals surface area (Å²) in [6, 6.07) is 7.09. The molecule has 0 saturated heterocycles. The fourth-order valence-corrected chi connectivity index (χ4v) is 1.63. The Morgan fingerprint density at radius 1 is 1.30 bits per heavy atom. The number of amides is 2. The molecule has 0 fully saturated rings. The summed E-state index contributed by atoms with van der Waals surface area (Å²) in [6.45, 7) is 4.10. The van der Waals surface area contributed by atoms with Crippen LogP contribution in [0.3, 0.4) is 0 Å². The standard InChI is InChI=1S/C14H21N3O3/c1-3-17(2)10-9-15-14(20)16-12(13(18)19)11-7-5-4-6-8-11/h4-8,12H,3,9-10H2,1-2H3,(H,18,19)(H2,15,16,20)/t12-/m0/s1. The highest BCUT2D eigenvalue weighted by Crippen LogP contribution is 2.12. The summed E-state index contributed by atoms with van der Waals surface area (Å²) in [6.07, 6.45) is 0. The van der Waals surface area contributed by atoms with Crippen LogP contribution in [0.4, 0.5) is 4.79 Å². The third-order valence-electron chi connectivity index (χ3n) is 2.97. The van der Waals surface area contributed by atoms with E-state index in [1.807, 2.05) is 18.9 Å². The van der Waals surface area contributed by atoms with E-state index in [0.717, 1.165) is 6.54 Å². The molecule has 1 rings (SSSR count). The Morgan fingerprint density at radius 3 is 2.50 bits per heavy atom. The van der Waals surface area contributed by atoms with E-state index in [0.29, 0.717) is 18.7 Å². The van der Waals surface area contributed by atoms with Crippen molar-refractivity contribution in [3.8, 4) is 0 Å². The van der Waals surface area contributed by atoms with Gasteiger partial charge in [0.1, 0.15) is 0 Å². The van der Waals surface area contributed by atoms with Gasteiger partial charge in [-0.05, 0) is 19.2 Å². The third-order valence-corrected chi connectivity index (χ3v) is 2.97. The lowest BCUT2D eigenvalue weighted by Crippen LogP contribution is -2.43. The molecule has 1 atom stereocenters. The number of carbonyl (C=O) groups excluding carboxylic acids is 1. The molecule has 0 aliphatic heterocycles. The van der Waals surface area contributed by atoms with Crippen molar-refractivity contribution in [3.63, 3.8) is 0 Å². The van der Waals surface area contributed by atoms with Gasteiger partial charge in [-0.1, -0.05) is 37.3 Å². The van der Waals surface area contributed by atoms with Crippen molar-refractivity contribution in [1.29, 1.82) is 0 Å². The largest absolute Gasteiger partial charge is 0.479 e. The average molecular weight is 279 g/mol. The van der Waals surface area contributed by atoms with Crippen LogP contribution in [0.2, 0.25) is 0 Å². The molecule has 0 aliphatic carbocycles. The lowest BCUT2D eigenvalue weighted by molar-refractivity contribution is -0.139. The predicted molar refractivity (Wildman–Crippen MR) is 76.5 cm³/mol. The van der Waals surface area contributed by atoms with Crippen LogP contribution in [-0.4, -0.2) is 48.7 Å². The molecule has 0 saturated carbocycles. The Hall–Kier alpha value is -2.08. The molecule has 6 heteroatoms. The van der Waals surface area contributed by atoms with Crippen molar-refractivity contribution in [2.75, 3.05) is 26.7 Å². The molecule has 0 unspecified atom stereocenters. The summed E-state index contributed by atoms with van der Waals surface area (Å²) >= 11 is 0. The summed E-state index contributed by atoms with van der Waals surface area (Å²) < 4.78 is 0. The van der Waals surface area contributed by atoms with E-state index >= 15 is 0 Å². The first kappa shape index (κ1) is 16.0. The maximum absolute atomic E-state index is 11.7. The predicted octanol–water partition coefficient (Wildman–Crippen LogP) is 1.06. The van der Waals surface area contributed by atoms with E-state index in [1.54, 1.807) is 30.3 Å². The minimum atomic E-state index is -1.09. The zero-order chi connectivity index (χ0) is 15.0. The molecule has 1 aromatic rings. The number of carboxylic acid groups (broad SMARTS) is 1. The molecule has 2 amide bonds. The number of hydrogen-bond donors (Lipinski definition) is 3. The molecule has 0 spiro atoms. The van der Waals surface area contributed by atoms with Crippen LogP contribution in [0, 0.1) is 0 Å². The van der Waals surface area contributed by atoms with Crippen molar-refractivity contribution in [3.05, 3.63) is 35.9 Å². The summed E-state index contributed by atoms with van der Waals surface area (Å²) in [5, 5.41) is 14.3. The highest BCUT2D eigenvalue weighted by molar-refractivity contribution is 5.83. The van der Waals surface area contributed by atoms with Crippen LogP contribution >= 0.6 is 0 Å². The molecule has 110 valence electrons. The van der Waals surface area contributed by atoms with Gasteiger partial charge in [0.05, 0.1) is 0 Å². The Labute approximate surface area is 118 Å². The molecule has 3 N–H and O–H groups in total. The molecular formula is C14H21N3O3. The third kappa shape index (κ3) is 5.27. The number of nitrogens with one attached hydrogen (secondary N) is 2. The number of aliphatic carboxylic acids is 1. The molecule has 20 heavy (non-hydrogen) atoms. The van der Waals surface area contributed by atoms with Gasteiger partial charge in [-0.3, -0.25) is 0 Å². The van der Waals surface area contributed by atoms with Gasteiger partial charge in [0.15, 0.2) is 6.04 Å². The lowest BCUT2D eigenvalue weighted by Gasteiger charge is -2.17. The Bertz CT molecular complexity index is 437. The first-order chi connectivity index (χ1) is 9.54. The van der Waals surface area contributed by atoms with Crippen LogP contribution in [0.15, 0.2) is 30.3 Å². The lowest BCUT2D eigenvalue weighted by atomic mass is 10.1. The average Bonchev–Trinajstić information content (AvgIpc) is 2.45. The van der Waals surface area contributed by atoms with Gasteiger partial charge in [-0.15, -0.1) is 0 Å². The minimum Gasteiger partial charge on any atom is -0.479 e. The molecule has 0 aliphatic rings. The molecular weight excluding hydrogens is 258 g/mol. The van der Waals surface area contributed by atoms with Crippen LogP contribution in [-0.2, 0) is 4.79 Å². The highest BCUT2D eigenvalue weighted by Gasteiger charge is 2.21. The number of benzene rings is 1. The zero-order valence-electron chi connectivity index (χ0n) is 11.8. The fraction of sp³-hybridized carbons (Fsp3) is 0.429. The smallest absolute Gasteiger partial charge is 0.330 e. The topological polar surface area (TPSA) is 81.7 Å². The van der Waals surface area contributed by atoms with Crippen molar-refractivity contribution < 1.29 is 14.7 Å². The number of likely N-dealkylation sites (N-methyl/N-ethyl adjacent to an activating group) is 1. The van der Waals surface area contributed by atoms with Gasteiger partial charge in [0.25, 0.3) is 0 Å². The summed E-state index contributed by atoms with van der Waals surface area (Å²) in [7, 11) is 1.95. The van der Waals surface area contributed by atoms with Crippen molar-refractivity contribution >= 4 is 12.0 Å². The zero-order valence-corrected chi connectivity index (χ0v) is 11.8. The van der Waals surface area contributed by atoms with E-state index in [4.69, 9.17) is 0 Å². The fourth-order valence-electron chi connectivity index (χ4n) is 1.63.